The third kappa shape index (κ3) is 4.65. The van der Waals surface area contributed by atoms with Crippen LogP contribution in [0.15, 0.2) is 64.0 Å². The number of hydrogen-bond acceptors (Lipinski definition) is 5. The number of nitrogens with zero attached hydrogens (tertiary/aromatic N) is 3. The Kier molecular flexibility index (Phi) is 6.24. The first kappa shape index (κ1) is 20.2. The number of thiazole rings is 1. The van der Waals surface area contributed by atoms with E-state index in [0.717, 1.165) is 16.8 Å². The van der Waals surface area contributed by atoms with E-state index in [9.17, 15) is 10.2 Å². The molecule has 0 saturated heterocycles. The molecule has 0 aliphatic carbocycles. The summed E-state index contributed by atoms with van der Waals surface area (Å²) in [5.74, 6) is -0.102. The van der Waals surface area contributed by atoms with Gasteiger partial charge < -0.3 is 10.2 Å². The molecule has 2 aromatic carbocycles. The van der Waals surface area contributed by atoms with Crippen molar-refractivity contribution >= 4 is 40.8 Å². The molecule has 2 N–H and O–H groups in total. The highest BCUT2D eigenvalue weighted by Gasteiger charge is 2.12. The van der Waals surface area contributed by atoms with Gasteiger partial charge in [-0.1, -0.05) is 35.4 Å². The summed E-state index contributed by atoms with van der Waals surface area (Å²) in [7, 11) is 0. The maximum Gasteiger partial charge on any atom is 0.206 e. The van der Waals surface area contributed by atoms with Crippen molar-refractivity contribution in [3.8, 4) is 22.8 Å². The van der Waals surface area contributed by atoms with Crippen LogP contribution in [0.4, 0.5) is 0 Å². The highest BCUT2D eigenvalue weighted by molar-refractivity contribution is 7.07. The van der Waals surface area contributed by atoms with E-state index in [0.29, 0.717) is 27.0 Å². The minimum atomic E-state index is -0.0777. The van der Waals surface area contributed by atoms with Gasteiger partial charge in [-0.05, 0) is 37.3 Å². The molecule has 5 nitrogen and oxygen atoms in total. The first-order valence-corrected chi connectivity index (χ1v) is 9.86. The first-order chi connectivity index (χ1) is 13.3. The number of phenolic OH excluding ortho intramolecular Hbond substituents is 2. The molecule has 3 rings (SSSR count). The molecule has 0 amide bonds. The van der Waals surface area contributed by atoms with Gasteiger partial charge in [0.25, 0.3) is 0 Å². The highest BCUT2D eigenvalue weighted by Crippen LogP contribution is 2.31. The molecule has 3 aromatic rings. The molecule has 0 aliphatic heterocycles. The second-order valence-corrected chi connectivity index (χ2v) is 7.78. The molecule has 0 saturated carbocycles. The van der Waals surface area contributed by atoms with Crippen molar-refractivity contribution in [1.29, 1.82) is 0 Å². The van der Waals surface area contributed by atoms with Crippen LogP contribution in [-0.4, -0.2) is 27.6 Å². The maximum absolute atomic E-state index is 10.00. The minimum Gasteiger partial charge on any atom is -0.508 e. The Bertz CT molecular complexity index is 1130. The van der Waals surface area contributed by atoms with Gasteiger partial charge in [0.1, 0.15) is 11.5 Å². The summed E-state index contributed by atoms with van der Waals surface area (Å²) < 4.78 is 1.65. The van der Waals surface area contributed by atoms with Gasteiger partial charge >= 0.3 is 0 Å². The number of aromatic hydroxyl groups is 2. The summed E-state index contributed by atoms with van der Waals surface area (Å²) in [6.45, 7) is 6.24. The van der Waals surface area contributed by atoms with Crippen molar-refractivity contribution in [2.75, 3.05) is 6.54 Å². The average molecular weight is 434 g/mol. The lowest BCUT2D eigenvalue weighted by Gasteiger charge is -2.06. The Hall–Kier alpha value is -2.54. The molecule has 0 atom stereocenters. The van der Waals surface area contributed by atoms with E-state index < -0.39 is 0 Å². The fourth-order valence-corrected chi connectivity index (χ4v) is 3.70. The van der Waals surface area contributed by atoms with Gasteiger partial charge in [-0.25, -0.2) is 4.68 Å². The lowest BCUT2D eigenvalue weighted by Crippen LogP contribution is -2.13. The zero-order valence-corrected chi connectivity index (χ0v) is 17.3. The SMILES string of the molecule is C=C(C)CN=c1scc(-c2ccc(Cl)cc2Cl)n1N=Cc1ccc(O)cc1O. The number of halogens is 2. The zero-order valence-electron chi connectivity index (χ0n) is 14.9. The molecule has 0 unspecified atom stereocenters. The van der Waals surface area contributed by atoms with Crippen LogP contribution < -0.4 is 4.80 Å². The Morgan fingerprint density at radius 1 is 1.21 bits per heavy atom. The van der Waals surface area contributed by atoms with Crippen molar-refractivity contribution in [2.45, 2.75) is 6.92 Å². The van der Waals surface area contributed by atoms with Crippen molar-refractivity contribution in [2.24, 2.45) is 10.1 Å². The molecule has 0 spiro atoms. The van der Waals surface area contributed by atoms with Crippen LogP contribution in [0.5, 0.6) is 11.5 Å². The Morgan fingerprint density at radius 3 is 2.68 bits per heavy atom. The van der Waals surface area contributed by atoms with Gasteiger partial charge in [0.15, 0.2) is 0 Å². The molecular formula is C20H17Cl2N3O2S. The van der Waals surface area contributed by atoms with E-state index in [-0.39, 0.29) is 11.5 Å². The van der Waals surface area contributed by atoms with E-state index in [1.165, 1.54) is 29.7 Å². The molecule has 0 bridgehead atoms. The van der Waals surface area contributed by atoms with Crippen LogP contribution >= 0.6 is 34.5 Å². The minimum absolute atomic E-state index is 0.0244. The smallest absolute Gasteiger partial charge is 0.206 e. The topological polar surface area (TPSA) is 70.1 Å². The number of phenols is 2. The molecule has 8 heteroatoms. The molecule has 0 fully saturated rings. The van der Waals surface area contributed by atoms with Crippen molar-refractivity contribution in [3.63, 3.8) is 0 Å². The van der Waals surface area contributed by atoms with Crippen LogP contribution in [0.3, 0.4) is 0 Å². The van der Waals surface area contributed by atoms with Crippen LogP contribution in [0, 0.1) is 0 Å². The van der Waals surface area contributed by atoms with Crippen molar-refractivity contribution in [3.05, 3.63) is 74.3 Å². The Morgan fingerprint density at radius 2 is 2.00 bits per heavy atom. The van der Waals surface area contributed by atoms with Gasteiger partial charge in [-0.3, -0.25) is 4.99 Å². The number of hydrogen-bond donors (Lipinski definition) is 2. The number of benzene rings is 2. The van der Waals surface area contributed by atoms with Gasteiger partial charge in [0.05, 0.1) is 23.5 Å². The van der Waals surface area contributed by atoms with E-state index >= 15 is 0 Å². The highest BCUT2D eigenvalue weighted by atomic mass is 35.5. The summed E-state index contributed by atoms with van der Waals surface area (Å²) in [6, 6.07) is 9.54. The van der Waals surface area contributed by atoms with E-state index in [1.807, 2.05) is 18.4 Å². The summed E-state index contributed by atoms with van der Waals surface area (Å²) in [5.41, 5.74) is 2.87. The van der Waals surface area contributed by atoms with Gasteiger partial charge in [0, 0.05) is 27.6 Å². The van der Waals surface area contributed by atoms with Gasteiger partial charge in [0.2, 0.25) is 4.80 Å². The molecule has 28 heavy (non-hydrogen) atoms. The first-order valence-electron chi connectivity index (χ1n) is 8.22. The fraction of sp³-hybridized carbons (Fsp3) is 0.100. The number of rotatable bonds is 5. The molecule has 1 aromatic heterocycles. The fourth-order valence-electron chi connectivity index (χ4n) is 2.37. The van der Waals surface area contributed by atoms with Crippen molar-refractivity contribution < 1.29 is 10.2 Å². The Labute approximate surface area is 176 Å². The Balaban J connectivity index is 2.13. The number of aromatic nitrogens is 1. The third-order valence-electron chi connectivity index (χ3n) is 3.70. The van der Waals surface area contributed by atoms with Crippen LogP contribution in [0.25, 0.3) is 11.3 Å². The van der Waals surface area contributed by atoms with Gasteiger partial charge in [-0.15, -0.1) is 11.3 Å². The summed E-state index contributed by atoms with van der Waals surface area (Å²) in [6.07, 6.45) is 1.49. The lowest BCUT2D eigenvalue weighted by molar-refractivity contribution is 0.450. The molecule has 144 valence electrons. The monoisotopic (exact) mass is 433 g/mol. The zero-order chi connectivity index (χ0) is 20.3. The second kappa shape index (κ2) is 8.65. The molecule has 0 radical (unpaired) electrons. The van der Waals surface area contributed by atoms with Crippen LogP contribution in [0.2, 0.25) is 10.0 Å². The molecule has 0 aliphatic rings. The lowest BCUT2D eigenvalue weighted by atomic mass is 10.2. The largest absolute Gasteiger partial charge is 0.508 e. The third-order valence-corrected chi connectivity index (χ3v) is 5.10. The average Bonchev–Trinajstić information content (AvgIpc) is 3.02. The maximum atomic E-state index is 10.00. The van der Waals surface area contributed by atoms with Crippen LogP contribution in [0.1, 0.15) is 12.5 Å². The predicted octanol–water partition coefficient (Wildman–Crippen LogP) is 5.29. The quantitative estimate of drug-likeness (QED) is 0.423. The molecular weight excluding hydrogens is 417 g/mol. The van der Waals surface area contributed by atoms with E-state index in [2.05, 4.69) is 16.7 Å². The summed E-state index contributed by atoms with van der Waals surface area (Å²) >= 11 is 13.8. The van der Waals surface area contributed by atoms with Gasteiger partial charge in [-0.2, -0.15) is 5.10 Å². The van der Waals surface area contributed by atoms with Crippen molar-refractivity contribution in [1.82, 2.24) is 4.68 Å². The standard InChI is InChI=1S/C20H17Cl2N3O2S/c1-12(2)9-23-20-25(24-10-13-3-5-15(26)8-19(13)27)18(11-28-20)16-6-4-14(21)7-17(16)22/h3-8,10-11,26-27H,1,9H2,2H3. The normalized spacial score (nSPS) is 12.0. The summed E-state index contributed by atoms with van der Waals surface area (Å²) in [5, 5.41) is 26.9. The second-order valence-electron chi connectivity index (χ2n) is 6.10. The van der Waals surface area contributed by atoms with E-state index in [1.54, 1.807) is 22.9 Å². The summed E-state index contributed by atoms with van der Waals surface area (Å²) in [4.78, 5) is 5.20. The molecule has 1 heterocycles. The van der Waals surface area contributed by atoms with Crippen LogP contribution in [-0.2, 0) is 0 Å². The predicted molar refractivity (Wildman–Crippen MR) is 116 cm³/mol. The van der Waals surface area contributed by atoms with E-state index in [4.69, 9.17) is 23.2 Å².